The number of phenols is 1. The molecule has 0 spiro atoms. The molecule has 0 unspecified atom stereocenters. The van der Waals surface area contributed by atoms with Crippen molar-refractivity contribution in [3.8, 4) is 34.5 Å². The van der Waals surface area contributed by atoms with Crippen LogP contribution >= 0.6 is 0 Å². The maximum absolute atomic E-state index is 11.7. The Balaban J connectivity index is 0.000000333. The second kappa shape index (κ2) is 20.7. The largest absolute Gasteiger partial charge is 2.00 e. The van der Waals surface area contributed by atoms with E-state index in [0.29, 0.717) is 17.9 Å². The van der Waals surface area contributed by atoms with Crippen LogP contribution in [0.4, 0.5) is 0 Å². The summed E-state index contributed by atoms with van der Waals surface area (Å²) in [6.07, 6.45) is 10.1. The molecule has 4 aromatic carbocycles. The number of phenolic OH excluding ortho intramolecular Hbond substituents is 1. The third kappa shape index (κ3) is 14.9. The zero-order valence-corrected chi connectivity index (χ0v) is 31.7. The van der Waals surface area contributed by atoms with Crippen LogP contribution in [-0.4, -0.2) is 68.8 Å². The molecule has 0 saturated carbocycles. The topological polar surface area (TPSA) is 173 Å². The predicted octanol–water partition coefficient (Wildman–Crippen LogP) is 7.75. The molecule has 0 aliphatic carbocycles. The Hall–Kier alpha value is -2.84. The number of aryl methyl sites for hydroxylation is 2. The fraction of sp³-hybridized carbons (Fsp3) is 0.333. The van der Waals surface area contributed by atoms with Gasteiger partial charge in [-0.15, -0.1) is 5.75 Å². The number of unbranched alkanes of at least 4 members (excludes halogenated alkanes) is 6. The van der Waals surface area contributed by atoms with Crippen LogP contribution in [0.1, 0.15) is 76.3 Å². The van der Waals surface area contributed by atoms with Crippen LogP contribution in [0.5, 0.6) is 34.5 Å². The summed E-state index contributed by atoms with van der Waals surface area (Å²) in [6, 6.07) is 20.8. The third-order valence-corrected chi connectivity index (χ3v) is 9.05. The normalized spacial score (nSPS) is 11.2. The van der Waals surface area contributed by atoms with E-state index in [2.05, 4.69) is 13.8 Å². The van der Waals surface area contributed by atoms with Gasteiger partial charge in [0.25, 0.3) is 10.1 Å². The molecule has 260 valence electrons. The van der Waals surface area contributed by atoms with Crippen LogP contribution in [0.3, 0.4) is 0 Å². The van der Waals surface area contributed by atoms with Gasteiger partial charge in [0.1, 0.15) is 43.8 Å². The molecule has 10 nitrogen and oxygen atoms in total. The molecule has 4 rings (SSSR count). The van der Waals surface area contributed by atoms with Crippen LogP contribution in [0, 0.1) is 0 Å². The molecule has 0 fully saturated rings. The first kappa shape index (κ1) is 42.3. The molecule has 49 heavy (non-hydrogen) atoms. The predicted molar refractivity (Wildman–Crippen MR) is 186 cm³/mol. The number of hydrogen-bond donors (Lipinski definition) is 2. The summed E-state index contributed by atoms with van der Waals surface area (Å²) < 4.78 is 78.4. The van der Waals surface area contributed by atoms with Crippen molar-refractivity contribution in [2.45, 2.75) is 87.8 Å². The van der Waals surface area contributed by atoms with Gasteiger partial charge in [-0.25, -0.2) is 8.42 Å². The first-order valence-corrected chi connectivity index (χ1v) is 18.8. The number of aromatic hydroxyl groups is 1. The van der Waals surface area contributed by atoms with Gasteiger partial charge in [0.05, 0.1) is 4.90 Å². The second-order valence-corrected chi connectivity index (χ2v) is 14.0. The molecule has 0 aromatic heterocycles. The number of rotatable bonds is 16. The Morgan fingerprint density at radius 3 is 1.47 bits per heavy atom. The quantitative estimate of drug-likeness (QED) is 0.0657. The van der Waals surface area contributed by atoms with E-state index in [1.54, 1.807) is 18.2 Å². The van der Waals surface area contributed by atoms with Gasteiger partial charge in [-0.1, -0.05) is 76.6 Å². The molecule has 0 aliphatic heterocycles. The summed E-state index contributed by atoms with van der Waals surface area (Å²) in [5.74, 6) is 0.603. The summed E-state index contributed by atoms with van der Waals surface area (Å²) in [4.78, 5) is -0.620. The Labute approximate surface area is 319 Å². The molecule has 0 radical (unpaired) electrons. The SMILES string of the molecule is CCCCCCc1ccc(Oc2ccc(O)cc2)c(S(=O)(=O)O)c1.CCCCCCc1ccc(Oc2ccc([O-])cc2)c(S(=O)(=O)[O-])c1.[Ca+2]. The minimum atomic E-state index is -4.66. The van der Waals surface area contributed by atoms with Crippen LogP contribution in [0.2, 0.25) is 0 Å². The summed E-state index contributed by atoms with van der Waals surface area (Å²) in [5, 5.41) is 20.4. The second-order valence-electron chi connectivity index (χ2n) is 11.3. The van der Waals surface area contributed by atoms with E-state index in [-0.39, 0.29) is 70.5 Å². The first-order chi connectivity index (χ1) is 22.8. The molecule has 0 heterocycles. The van der Waals surface area contributed by atoms with Crippen molar-refractivity contribution in [2.24, 2.45) is 0 Å². The fourth-order valence-electron chi connectivity index (χ4n) is 4.77. The van der Waals surface area contributed by atoms with Gasteiger partial charge in [-0.3, -0.25) is 4.55 Å². The van der Waals surface area contributed by atoms with E-state index in [1.807, 2.05) is 0 Å². The van der Waals surface area contributed by atoms with E-state index in [4.69, 9.17) is 9.47 Å². The molecule has 2 N–H and O–H groups in total. The van der Waals surface area contributed by atoms with E-state index in [9.17, 15) is 36.2 Å². The van der Waals surface area contributed by atoms with Crippen molar-refractivity contribution in [3.05, 3.63) is 96.1 Å². The summed E-state index contributed by atoms with van der Waals surface area (Å²) in [6.45, 7) is 4.25. The summed E-state index contributed by atoms with van der Waals surface area (Å²) in [7, 11) is -9.05. The smallest absolute Gasteiger partial charge is 0.872 e. The van der Waals surface area contributed by atoms with Gasteiger partial charge in [0.15, 0.2) is 0 Å². The molecule has 0 aliphatic rings. The van der Waals surface area contributed by atoms with Gasteiger partial charge in [-0.05, 0) is 97.5 Å². The Bertz CT molecular complexity index is 1680. The summed E-state index contributed by atoms with van der Waals surface area (Å²) >= 11 is 0. The molecule has 4 aromatic rings. The molecular weight excluding hydrogens is 697 g/mol. The Kier molecular flexibility index (Phi) is 17.9. The van der Waals surface area contributed by atoms with E-state index < -0.39 is 20.2 Å². The summed E-state index contributed by atoms with van der Waals surface area (Å²) in [5.41, 5.74) is 1.64. The molecule has 0 saturated heterocycles. The molecular formula is C36H42CaO10S2. The van der Waals surface area contributed by atoms with Gasteiger partial charge >= 0.3 is 37.7 Å². The number of ether oxygens (including phenoxy) is 2. The average molecular weight is 739 g/mol. The zero-order chi connectivity index (χ0) is 35.2. The van der Waals surface area contributed by atoms with Crippen molar-refractivity contribution in [2.75, 3.05) is 0 Å². The van der Waals surface area contributed by atoms with Gasteiger partial charge in [0.2, 0.25) is 0 Å². The van der Waals surface area contributed by atoms with Crippen molar-refractivity contribution in [1.82, 2.24) is 0 Å². The van der Waals surface area contributed by atoms with Crippen LogP contribution in [0.25, 0.3) is 0 Å². The van der Waals surface area contributed by atoms with Crippen molar-refractivity contribution in [3.63, 3.8) is 0 Å². The number of hydrogen-bond acceptors (Lipinski definition) is 9. The van der Waals surface area contributed by atoms with Crippen LogP contribution < -0.4 is 14.6 Å². The standard InChI is InChI=1S/2C18H22O5S.Ca/c2*1-2-3-4-5-6-14-7-12-17(18(13-14)24(20,21)22)23-16-10-8-15(19)9-11-16;/h2*7-13,19H,2-6H2,1H3,(H,20,21,22);/q;;+2/p-2. The van der Waals surface area contributed by atoms with Crippen LogP contribution in [-0.2, 0) is 33.1 Å². The molecule has 13 heteroatoms. The van der Waals surface area contributed by atoms with Crippen molar-refractivity contribution in [1.29, 1.82) is 0 Å². The van der Waals surface area contributed by atoms with E-state index in [1.165, 1.54) is 66.7 Å². The fourth-order valence-corrected chi connectivity index (χ4v) is 6.09. The first-order valence-electron chi connectivity index (χ1n) is 15.9. The molecule has 0 amide bonds. The third-order valence-electron chi connectivity index (χ3n) is 7.32. The van der Waals surface area contributed by atoms with Gasteiger partial charge < -0.3 is 24.2 Å². The minimum Gasteiger partial charge on any atom is -0.872 e. The van der Waals surface area contributed by atoms with Crippen molar-refractivity contribution >= 4 is 58.0 Å². The Morgan fingerprint density at radius 2 is 1.04 bits per heavy atom. The minimum absolute atomic E-state index is 0. The van der Waals surface area contributed by atoms with E-state index >= 15 is 0 Å². The zero-order valence-electron chi connectivity index (χ0n) is 27.8. The van der Waals surface area contributed by atoms with Gasteiger partial charge in [-0.2, -0.15) is 8.42 Å². The Morgan fingerprint density at radius 1 is 0.612 bits per heavy atom. The molecule has 0 bridgehead atoms. The van der Waals surface area contributed by atoms with Gasteiger partial charge in [0, 0.05) is 0 Å². The maximum atomic E-state index is 11.7. The van der Waals surface area contributed by atoms with E-state index in [0.717, 1.165) is 68.9 Å². The maximum Gasteiger partial charge on any atom is 2.00 e. The average Bonchev–Trinajstić information content (AvgIpc) is 3.04. The van der Waals surface area contributed by atoms with Crippen molar-refractivity contribution < 1.29 is 45.6 Å². The van der Waals surface area contributed by atoms with Crippen LogP contribution in [0.15, 0.2) is 94.7 Å². The number of benzene rings is 4. The molecule has 0 atom stereocenters. The monoisotopic (exact) mass is 738 g/mol.